The smallest absolute Gasteiger partial charge is 0.0334 e. The second-order valence-corrected chi connectivity index (χ2v) is 7.01. The van der Waals surface area contributed by atoms with Crippen molar-refractivity contribution in [2.45, 2.75) is 39.2 Å². The highest BCUT2D eigenvalue weighted by molar-refractivity contribution is 14.1. The Bertz CT molecular complexity index is 522. The molecule has 0 bridgehead atoms. The molecule has 0 radical (unpaired) electrons. The van der Waals surface area contributed by atoms with Crippen LogP contribution in [-0.4, -0.2) is 6.54 Å². The molecular formula is C17H22INS. The number of hydrogen-bond acceptors (Lipinski definition) is 2. The van der Waals surface area contributed by atoms with Gasteiger partial charge >= 0.3 is 0 Å². The van der Waals surface area contributed by atoms with Gasteiger partial charge in [-0.25, -0.2) is 0 Å². The van der Waals surface area contributed by atoms with E-state index in [9.17, 15) is 0 Å². The highest BCUT2D eigenvalue weighted by Gasteiger charge is 2.14. The topological polar surface area (TPSA) is 12.0 Å². The molecule has 0 aliphatic carbocycles. The second kappa shape index (κ2) is 8.15. The molecule has 3 heteroatoms. The number of nitrogens with one attached hydrogen (secondary N) is 1. The third kappa shape index (κ3) is 4.30. The average molecular weight is 399 g/mol. The molecule has 1 atom stereocenters. The molecule has 0 amide bonds. The minimum absolute atomic E-state index is 0.460. The van der Waals surface area contributed by atoms with Crippen LogP contribution in [0.4, 0.5) is 0 Å². The quantitative estimate of drug-likeness (QED) is 0.621. The van der Waals surface area contributed by atoms with Crippen LogP contribution in [-0.2, 0) is 6.42 Å². The summed E-state index contributed by atoms with van der Waals surface area (Å²) in [7, 11) is 0. The first-order valence-corrected chi connectivity index (χ1v) is 9.24. The number of rotatable bonds is 7. The van der Waals surface area contributed by atoms with Crippen molar-refractivity contribution in [1.29, 1.82) is 0 Å². The Morgan fingerprint density at radius 2 is 2.15 bits per heavy atom. The van der Waals surface area contributed by atoms with Crippen LogP contribution in [0.5, 0.6) is 0 Å². The van der Waals surface area contributed by atoms with Crippen LogP contribution in [0.2, 0.25) is 0 Å². The predicted molar refractivity (Wildman–Crippen MR) is 97.6 cm³/mol. The van der Waals surface area contributed by atoms with Crippen LogP contribution in [0, 0.1) is 10.5 Å². The lowest BCUT2D eigenvalue weighted by atomic mass is 9.98. The van der Waals surface area contributed by atoms with Gasteiger partial charge < -0.3 is 5.32 Å². The summed E-state index contributed by atoms with van der Waals surface area (Å²) >= 11 is 4.28. The number of halogens is 1. The van der Waals surface area contributed by atoms with Crippen LogP contribution in [0.25, 0.3) is 0 Å². The van der Waals surface area contributed by atoms with Crippen molar-refractivity contribution >= 4 is 33.9 Å². The van der Waals surface area contributed by atoms with Gasteiger partial charge in [0, 0.05) is 9.61 Å². The summed E-state index contributed by atoms with van der Waals surface area (Å²) in [6, 6.07) is 9.35. The maximum atomic E-state index is 3.71. The Morgan fingerprint density at radius 3 is 2.85 bits per heavy atom. The number of thiophene rings is 1. The van der Waals surface area contributed by atoms with Gasteiger partial charge in [-0.15, -0.1) is 0 Å². The van der Waals surface area contributed by atoms with Gasteiger partial charge in [0.25, 0.3) is 0 Å². The molecule has 1 unspecified atom stereocenters. The summed E-state index contributed by atoms with van der Waals surface area (Å²) in [4.78, 5) is 0. The Morgan fingerprint density at radius 1 is 1.30 bits per heavy atom. The summed E-state index contributed by atoms with van der Waals surface area (Å²) < 4.78 is 1.41. The van der Waals surface area contributed by atoms with Crippen molar-refractivity contribution in [3.05, 3.63) is 55.3 Å². The van der Waals surface area contributed by atoms with Crippen molar-refractivity contribution in [3.8, 4) is 0 Å². The van der Waals surface area contributed by atoms with Gasteiger partial charge in [-0.1, -0.05) is 25.1 Å². The molecule has 20 heavy (non-hydrogen) atoms. The van der Waals surface area contributed by atoms with Gasteiger partial charge in [0.05, 0.1) is 0 Å². The Labute approximate surface area is 139 Å². The lowest BCUT2D eigenvalue weighted by Crippen LogP contribution is -2.23. The zero-order chi connectivity index (χ0) is 14.4. The summed E-state index contributed by atoms with van der Waals surface area (Å²) in [6.45, 7) is 5.50. The molecule has 0 spiro atoms. The molecule has 2 aromatic rings. The minimum Gasteiger partial charge on any atom is -0.310 e. The zero-order valence-electron chi connectivity index (χ0n) is 12.2. The van der Waals surface area contributed by atoms with Crippen LogP contribution in [0.15, 0.2) is 35.0 Å². The minimum atomic E-state index is 0.460. The van der Waals surface area contributed by atoms with Crippen LogP contribution in [0.1, 0.15) is 42.5 Å². The molecule has 0 saturated heterocycles. The van der Waals surface area contributed by atoms with E-state index in [4.69, 9.17) is 0 Å². The fourth-order valence-electron chi connectivity index (χ4n) is 2.37. The van der Waals surface area contributed by atoms with E-state index in [0.29, 0.717) is 6.04 Å². The maximum Gasteiger partial charge on any atom is 0.0334 e. The maximum absolute atomic E-state index is 3.71. The van der Waals surface area contributed by atoms with Crippen LogP contribution >= 0.6 is 33.9 Å². The average Bonchev–Trinajstić information content (AvgIpc) is 2.96. The highest BCUT2D eigenvalue weighted by atomic mass is 127. The summed E-state index contributed by atoms with van der Waals surface area (Å²) in [6.07, 6.45) is 3.49. The van der Waals surface area contributed by atoms with Crippen molar-refractivity contribution < 1.29 is 0 Å². The van der Waals surface area contributed by atoms with Gasteiger partial charge in [0.15, 0.2) is 0 Å². The predicted octanol–water partition coefficient (Wildman–Crippen LogP) is 5.33. The first-order chi connectivity index (χ1) is 9.72. The molecule has 0 saturated carbocycles. The van der Waals surface area contributed by atoms with Crippen molar-refractivity contribution in [1.82, 2.24) is 5.32 Å². The van der Waals surface area contributed by atoms with Crippen molar-refractivity contribution in [2.24, 2.45) is 0 Å². The van der Waals surface area contributed by atoms with Gasteiger partial charge in [-0.3, -0.25) is 0 Å². The molecule has 1 nitrogen and oxygen atoms in total. The van der Waals surface area contributed by atoms with Crippen molar-refractivity contribution in [3.63, 3.8) is 0 Å². The summed E-state index contributed by atoms with van der Waals surface area (Å²) in [5, 5.41) is 8.14. The first-order valence-electron chi connectivity index (χ1n) is 7.21. The van der Waals surface area contributed by atoms with Gasteiger partial charge in [-0.2, -0.15) is 11.3 Å². The molecule has 1 aromatic heterocycles. The highest BCUT2D eigenvalue weighted by Crippen LogP contribution is 2.26. The van der Waals surface area contributed by atoms with Gasteiger partial charge in [0.2, 0.25) is 0 Å². The molecule has 1 aromatic carbocycles. The second-order valence-electron chi connectivity index (χ2n) is 5.16. The number of aryl methyl sites for hydroxylation is 2. The lowest BCUT2D eigenvalue weighted by Gasteiger charge is -2.21. The molecule has 108 valence electrons. The van der Waals surface area contributed by atoms with E-state index in [-0.39, 0.29) is 0 Å². The van der Waals surface area contributed by atoms with Gasteiger partial charge in [-0.05, 0) is 88.8 Å². The van der Waals surface area contributed by atoms with Gasteiger partial charge in [0.1, 0.15) is 0 Å². The Hall–Kier alpha value is -0.390. The van der Waals surface area contributed by atoms with E-state index in [1.54, 1.807) is 11.3 Å². The lowest BCUT2D eigenvalue weighted by molar-refractivity contribution is 0.497. The fourth-order valence-corrected chi connectivity index (χ4v) is 3.81. The fraction of sp³-hybridized carbons (Fsp3) is 0.412. The monoisotopic (exact) mass is 399 g/mol. The van der Waals surface area contributed by atoms with E-state index in [1.165, 1.54) is 26.7 Å². The zero-order valence-corrected chi connectivity index (χ0v) is 15.1. The van der Waals surface area contributed by atoms with E-state index in [1.807, 2.05) is 0 Å². The van der Waals surface area contributed by atoms with E-state index in [0.717, 1.165) is 19.4 Å². The molecule has 1 heterocycles. The Kier molecular flexibility index (Phi) is 6.52. The third-order valence-corrected chi connectivity index (χ3v) is 5.75. The van der Waals surface area contributed by atoms with E-state index >= 15 is 0 Å². The SMILES string of the molecule is CCCNC(CCc1ccsc1)c1cccc(C)c1I. The van der Waals surface area contributed by atoms with Crippen LogP contribution in [0.3, 0.4) is 0 Å². The van der Waals surface area contributed by atoms with Crippen LogP contribution < -0.4 is 5.32 Å². The summed E-state index contributed by atoms with van der Waals surface area (Å²) in [5.41, 5.74) is 4.29. The summed E-state index contributed by atoms with van der Waals surface area (Å²) in [5.74, 6) is 0. The normalized spacial score (nSPS) is 12.6. The number of benzene rings is 1. The van der Waals surface area contributed by atoms with E-state index < -0.39 is 0 Å². The molecule has 0 aliphatic heterocycles. The van der Waals surface area contributed by atoms with E-state index in [2.05, 4.69) is 76.8 Å². The molecule has 0 fully saturated rings. The third-order valence-electron chi connectivity index (χ3n) is 3.54. The standard InChI is InChI=1S/C17H22INS/c1-3-10-19-16(8-7-14-9-11-20-12-14)15-6-4-5-13(2)17(15)18/h4-6,9,11-12,16,19H,3,7-8,10H2,1-2H3. The number of hydrogen-bond donors (Lipinski definition) is 1. The first kappa shape index (κ1) is 16.0. The molecule has 0 aliphatic rings. The largest absolute Gasteiger partial charge is 0.310 e. The molecule has 1 N–H and O–H groups in total. The molecular weight excluding hydrogens is 377 g/mol. The van der Waals surface area contributed by atoms with Crippen molar-refractivity contribution in [2.75, 3.05) is 6.54 Å². The molecule has 2 rings (SSSR count). The Balaban J connectivity index is 2.11.